The smallest absolute Gasteiger partial charge is 0.104 e. The number of halogens is 1. The Balaban J connectivity index is 2.06. The lowest BCUT2D eigenvalue weighted by atomic mass is 9.94. The van der Waals surface area contributed by atoms with Crippen LogP contribution >= 0.6 is 15.9 Å². The zero-order valence-corrected chi connectivity index (χ0v) is 13.7. The van der Waals surface area contributed by atoms with Crippen molar-refractivity contribution in [3.8, 4) is 0 Å². The van der Waals surface area contributed by atoms with Crippen LogP contribution in [0.1, 0.15) is 31.1 Å². The van der Waals surface area contributed by atoms with E-state index in [1.54, 1.807) is 6.26 Å². The number of nitrogens with one attached hydrogen (secondary N) is 1. The number of hydrogen-bond donors (Lipinski definition) is 1. The molecule has 108 valence electrons. The molecule has 20 heavy (non-hydrogen) atoms. The molecular formula is C17H22BrNO. The Hall–Kier alpha value is -1.06. The van der Waals surface area contributed by atoms with E-state index in [4.69, 9.17) is 4.42 Å². The van der Waals surface area contributed by atoms with Gasteiger partial charge in [0.05, 0.1) is 6.26 Å². The van der Waals surface area contributed by atoms with Gasteiger partial charge in [-0.3, -0.25) is 0 Å². The maximum Gasteiger partial charge on any atom is 0.104 e. The highest BCUT2D eigenvalue weighted by molar-refractivity contribution is 9.10. The van der Waals surface area contributed by atoms with Crippen LogP contribution in [0.5, 0.6) is 0 Å². The first-order valence-corrected chi connectivity index (χ1v) is 7.93. The van der Waals surface area contributed by atoms with Gasteiger partial charge >= 0.3 is 0 Å². The lowest BCUT2D eigenvalue weighted by Gasteiger charge is -2.18. The van der Waals surface area contributed by atoms with E-state index in [9.17, 15) is 0 Å². The Kier molecular flexibility index (Phi) is 5.86. The molecule has 1 aromatic carbocycles. The molecule has 0 saturated heterocycles. The molecule has 2 aromatic rings. The minimum atomic E-state index is 0.428. The maximum atomic E-state index is 5.50. The van der Waals surface area contributed by atoms with Crippen molar-refractivity contribution in [1.29, 1.82) is 0 Å². The van der Waals surface area contributed by atoms with Gasteiger partial charge in [-0.15, -0.1) is 0 Å². The Labute approximate surface area is 129 Å². The van der Waals surface area contributed by atoms with Gasteiger partial charge in [0.15, 0.2) is 0 Å². The molecule has 1 unspecified atom stereocenters. The average molecular weight is 336 g/mol. The minimum Gasteiger partial charge on any atom is -0.469 e. The maximum absolute atomic E-state index is 5.50. The van der Waals surface area contributed by atoms with Gasteiger partial charge in [0.2, 0.25) is 0 Å². The largest absolute Gasteiger partial charge is 0.469 e. The predicted octanol–water partition coefficient (Wildman–Crippen LogP) is 4.61. The van der Waals surface area contributed by atoms with E-state index in [-0.39, 0.29) is 0 Å². The fraction of sp³-hybridized carbons (Fsp3) is 0.412. The van der Waals surface area contributed by atoms with Crippen molar-refractivity contribution >= 4 is 15.9 Å². The molecule has 0 saturated carbocycles. The lowest BCUT2D eigenvalue weighted by Crippen LogP contribution is -2.26. The summed E-state index contributed by atoms with van der Waals surface area (Å²) in [5.74, 6) is 2.14. The second-order valence-electron chi connectivity index (χ2n) is 5.59. The summed E-state index contributed by atoms with van der Waals surface area (Å²) in [6.07, 6.45) is 2.67. The van der Waals surface area contributed by atoms with Crippen molar-refractivity contribution in [3.63, 3.8) is 0 Å². The SMILES string of the molecule is CC(C)CNCC(Cc1ccco1)c1cccc(Br)c1. The van der Waals surface area contributed by atoms with Crippen LogP contribution in [0.3, 0.4) is 0 Å². The second kappa shape index (κ2) is 7.65. The van der Waals surface area contributed by atoms with Gasteiger partial charge in [-0.05, 0) is 42.3 Å². The molecule has 2 rings (SSSR count). The topological polar surface area (TPSA) is 25.2 Å². The van der Waals surface area contributed by atoms with Crippen LogP contribution in [0.15, 0.2) is 51.6 Å². The van der Waals surface area contributed by atoms with Crippen LogP contribution in [0.2, 0.25) is 0 Å². The third-order valence-electron chi connectivity index (χ3n) is 3.29. The Morgan fingerprint density at radius 1 is 1.15 bits per heavy atom. The van der Waals surface area contributed by atoms with Crippen molar-refractivity contribution in [3.05, 3.63) is 58.5 Å². The van der Waals surface area contributed by atoms with Crippen LogP contribution < -0.4 is 5.32 Å². The fourth-order valence-electron chi connectivity index (χ4n) is 2.29. The van der Waals surface area contributed by atoms with Crippen molar-refractivity contribution in [2.24, 2.45) is 5.92 Å². The highest BCUT2D eigenvalue weighted by atomic mass is 79.9. The molecule has 0 aliphatic rings. The number of rotatable bonds is 7. The molecule has 1 N–H and O–H groups in total. The van der Waals surface area contributed by atoms with Gasteiger partial charge in [0.1, 0.15) is 5.76 Å². The first kappa shape index (κ1) is 15.3. The van der Waals surface area contributed by atoms with Crippen molar-refractivity contribution in [2.45, 2.75) is 26.2 Å². The molecule has 0 spiro atoms. The zero-order chi connectivity index (χ0) is 14.4. The van der Waals surface area contributed by atoms with E-state index in [2.05, 4.69) is 59.4 Å². The number of furan rings is 1. The Bertz CT molecular complexity index is 507. The van der Waals surface area contributed by atoms with Gasteiger partial charge in [0, 0.05) is 23.4 Å². The van der Waals surface area contributed by atoms with Crippen LogP contribution in [0, 0.1) is 5.92 Å². The Morgan fingerprint density at radius 3 is 2.65 bits per heavy atom. The molecule has 0 aliphatic carbocycles. The number of benzene rings is 1. The molecule has 0 bridgehead atoms. The molecular weight excluding hydrogens is 314 g/mol. The van der Waals surface area contributed by atoms with E-state index in [0.29, 0.717) is 11.8 Å². The van der Waals surface area contributed by atoms with Crippen molar-refractivity contribution in [2.75, 3.05) is 13.1 Å². The van der Waals surface area contributed by atoms with Gasteiger partial charge in [0.25, 0.3) is 0 Å². The molecule has 1 aromatic heterocycles. The molecule has 0 aliphatic heterocycles. The van der Waals surface area contributed by atoms with E-state index in [1.807, 2.05) is 12.1 Å². The summed E-state index contributed by atoms with van der Waals surface area (Å²) in [7, 11) is 0. The van der Waals surface area contributed by atoms with Gasteiger partial charge in [-0.1, -0.05) is 41.9 Å². The molecule has 0 radical (unpaired) electrons. The molecule has 0 fully saturated rings. The number of hydrogen-bond acceptors (Lipinski definition) is 2. The lowest BCUT2D eigenvalue weighted by molar-refractivity contribution is 0.461. The summed E-state index contributed by atoms with van der Waals surface area (Å²) in [6, 6.07) is 12.5. The van der Waals surface area contributed by atoms with E-state index in [0.717, 1.165) is 29.7 Å². The average Bonchev–Trinajstić information content (AvgIpc) is 2.90. The minimum absolute atomic E-state index is 0.428. The summed E-state index contributed by atoms with van der Waals surface area (Å²) >= 11 is 3.56. The summed E-state index contributed by atoms with van der Waals surface area (Å²) in [5, 5.41) is 3.56. The second-order valence-corrected chi connectivity index (χ2v) is 6.50. The van der Waals surface area contributed by atoms with Gasteiger partial charge in [-0.25, -0.2) is 0 Å². The third kappa shape index (κ3) is 4.80. The van der Waals surface area contributed by atoms with E-state index in [1.165, 1.54) is 5.56 Å². The normalized spacial score (nSPS) is 12.8. The van der Waals surface area contributed by atoms with E-state index >= 15 is 0 Å². The summed E-state index contributed by atoms with van der Waals surface area (Å²) in [4.78, 5) is 0. The monoisotopic (exact) mass is 335 g/mol. The van der Waals surface area contributed by atoms with Crippen LogP contribution in [0.25, 0.3) is 0 Å². The van der Waals surface area contributed by atoms with Crippen molar-refractivity contribution < 1.29 is 4.42 Å². The third-order valence-corrected chi connectivity index (χ3v) is 3.78. The highest BCUT2D eigenvalue weighted by Crippen LogP contribution is 2.23. The standard InChI is InChI=1S/C17H22BrNO/c1-13(2)11-19-12-15(10-17-7-4-8-20-17)14-5-3-6-16(18)9-14/h3-9,13,15,19H,10-12H2,1-2H3. The van der Waals surface area contributed by atoms with Crippen LogP contribution in [-0.4, -0.2) is 13.1 Å². The van der Waals surface area contributed by atoms with E-state index < -0.39 is 0 Å². The first-order valence-electron chi connectivity index (χ1n) is 7.13. The summed E-state index contributed by atoms with van der Waals surface area (Å²) in [6.45, 7) is 6.47. The van der Waals surface area contributed by atoms with Gasteiger partial charge < -0.3 is 9.73 Å². The molecule has 0 amide bonds. The fourth-order valence-corrected chi connectivity index (χ4v) is 2.70. The molecule has 1 atom stereocenters. The summed E-state index contributed by atoms with van der Waals surface area (Å²) < 4.78 is 6.63. The van der Waals surface area contributed by atoms with Gasteiger partial charge in [-0.2, -0.15) is 0 Å². The first-order chi connectivity index (χ1) is 9.65. The van der Waals surface area contributed by atoms with Crippen LogP contribution in [0.4, 0.5) is 0 Å². The predicted molar refractivity (Wildman–Crippen MR) is 87.0 cm³/mol. The quantitative estimate of drug-likeness (QED) is 0.798. The summed E-state index contributed by atoms with van der Waals surface area (Å²) in [5.41, 5.74) is 1.34. The van der Waals surface area contributed by atoms with Crippen molar-refractivity contribution in [1.82, 2.24) is 5.32 Å². The Morgan fingerprint density at radius 2 is 2.00 bits per heavy atom. The highest BCUT2D eigenvalue weighted by Gasteiger charge is 2.14. The zero-order valence-electron chi connectivity index (χ0n) is 12.1. The van der Waals surface area contributed by atoms with Crippen LogP contribution in [-0.2, 0) is 6.42 Å². The molecule has 1 heterocycles. The molecule has 3 heteroatoms. The molecule has 2 nitrogen and oxygen atoms in total.